The lowest BCUT2D eigenvalue weighted by atomic mass is 10.4. The average molecular weight is 173 g/mol. The first kappa shape index (κ1) is 8.18. The Morgan fingerprint density at radius 2 is 1.92 bits per heavy atom. The van der Waals surface area contributed by atoms with Crippen molar-refractivity contribution in [1.82, 2.24) is 9.97 Å². The number of carboxylic acids is 1. The number of halogens is 1. The first-order valence-corrected chi connectivity index (χ1v) is 2.76. The van der Waals surface area contributed by atoms with Gasteiger partial charge in [-0.2, -0.15) is 4.39 Å². The maximum Gasteiger partial charge on any atom is 0.326 e. The highest BCUT2D eigenvalue weighted by Crippen LogP contribution is 1.90. The van der Waals surface area contributed by atoms with Crippen LogP contribution >= 0.6 is 0 Å². The molecule has 0 aromatic carbocycles. The van der Waals surface area contributed by atoms with Crippen LogP contribution in [-0.4, -0.2) is 15.9 Å². The summed E-state index contributed by atoms with van der Waals surface area (Å²) < 4.78 is 12.5. The van der Waals surface area contributed by atoms with E-state index in [1.807, 2.05) is 0 Å². The van der Waals surface area contributed by atoms with E-state index in [0.717, 1.165) is 0 Å². The van der Waals surface area contributed by atoms with Crippen LogP contribution in [0.1, 0.15) is 10.5 Å². The van der Waals surface area contributed by atoms with E-state index in [-0.39, 0.29) is 0 Å². The molecule has 0 spiro atoms. The molecule has 0 fully saturated rings. The minimum Gasteiger partial charge on any atom is -0.543 e. The van der Waals surface area contributed by atoms with Gasteiger partial charge in [-0.1, -0.05) is 0 Å². The van der Waals surface area contributed by atoms with Crippen molar-refractivity contribution in [3.8, 4) is 0 Å². The molecule has 7 heteroatoms. The van der Waals surface area contributed by atoms with Crippen LogP contribution in [0.5, 0.6) is 0 Å². The van der Waals surface area contributed by atoms with Crippen LogP contribution in [-0.2, 0) is 0 Å². The van der Waals surface area contributed by atoms with Gasteiger partial charge in [0.05, 0.1) is 5.97 Å². The molecule has 6 nitrogen and oxygen atoms in total. The van der Waals surface area contributed by atoms with E-state index in [1.165, 1.54) is 4.98 Å². The SMILES string of the molecule is O=C([O-])c1[nH]c(=O)[nH]c(=O)c1F. The number of nitrogens with one attached hydrogen (secondary N) is 2. The standard InChI is InChI=1S/C5H3FN2O4/c6-1-2(4(10)11)7-5(12)8-3(1)9/h(H,10,11)(H2,7,8,9,12)/p-1. The molecule has 0 aliphatic heterocycles. The third-order valence-electron chi connectivity index (χ3n) is 1.09. The first-order chi connectivity index (χ1) is 5.52. The van der Waals surface area contributed by atoms with E-state index in [4.69, 9.17) is 0 Å². The highest BCUT2D eigenvalue weighted by atomic mass is 19.1. The molecule has 0 bridgehead atoms. The quantitative estimate of drug-likeness (QED) is 0.492. The number of hydrogen-bond acceptors (Lipinski definition) is 4. The smallest absolute Gasteiger partial charge is 0.326 e. The van der Waals surface area contributed by atoms with E-state index < -0.39 is 28.7 Å². The number of carboxylic acid groups (broad SMARTS) is 1. The zero-order valence-electron chi connectivity index (χ0n) is 5.51. The zero-order chi connectivity index (χ0) is 9.30. The Morgan fingerprint density at radius 1 is 1.33 bits per heavy atom. The largest absolute Gasteiger partial charge is 0.543 e. The third kappa shape index (κ3) is 1.24. The van der Waals surface area contributed by atoms with Gasteiger partial charge in [0.1, 0.15) is 5.69 Å². The Labute approximate surface area is 63.7 Å². The molecule has 0 saturated heterocycles. The number of aromatic amines is 2. The van der Waals surface area contributed by atoms with Gasteiger partial charge in [0, 0.05) is 0 Å². The molecule has 1 aromatic rings. The van der Waals surface area contributed by atoms with Gasteiger partial charge in [0.2, 0.25) is 5.82 Å². The summed E-state index contributed by atoms with van der Waals surface area (Å²) in [5.41, 5.74) is -3.64. The van der Waals surface area contributed by atoms with Crippen molar-refractivity contribution in [3.05, 3.63) is 32.3 Å². The van der Waals surface area contributed by atoms with Crippen molar-refractivity contribution in [2.45, 2.75) is 0 Å². The van der Waals surface area contributed by atoms with Crippen LogP contribution < -0.4 is 16.4 Å². The number of hydrogen-bond donors (Lipinski definition) is 2. The van der Waals surface area contributed by atoms with Gasteiger partial charge in [-0.05, 0) is 0 Å². The van der Waals surface area contributed by atoms with Crippen LogP contribution in [0.15, 0.2) is 9.59 Å². The summed E-state index contributed by atoms with van der Waals surface area (Å²) in [6.45, 7) is 0. The van der Waals surface area contributed by atoms with E-state index in [1.54, 1.807) is 4.98 Å². The van der Waals surface area contributed by atoms with Gasteiger partial charge in [0.25, 0.3) is 5.56 Å². The molecule has 1 rings (SSSR count). The van der Waals surface area contributed by atoms with Gasteiger partial charge in [-0.25, -0.2) is 4.79 Å². The lowest BCUT2D eigenvalue weighted by Crippen LogP contribution is -2.34. The van der Waals surface area contributed by atoms with Crippen molar-refractivity contribution in [2.75, 3.05) is 0 Å². The summed E-state index contributed by atoms with van der Waals surface area (Å²) in [5.74, 6) is -3.52. The Morgan fingerprint density at radius 3 is 2.42 bits per heavy atom. The summed E-state index contributed by atoms with van der Waals surface area (Å²) in [6.07, 6.45) is 0. The molecule has 0 radical (unpaired) electrons. The molecule has 12 heavy (non-hydrogen) atoms. The maximum atomic E-state index is 12.5. The van der Waals surface area contributed by atoms with Gasteiger partial charge < -0.3 is 14.9 Å². The highest BCUT2D eigenvalue weighted by Gasteiger charge is 2.08. The molecular weight excluding hydrogens is 171 g/mol. The van der Waals surface area contributed by atoms with E-state index >= 15 is 0 Å². The van der Waals surface area contributed by atoms with Crippen molar-refractivity contribution in [2.24, 2.45) is 0 Å². The normalized spacial score (nSPS) is 9.75. The van der Waals surface area contributed by atoms with Crippen LogP contribution in [0, 0.1) is 5.82 Å². The summed E-state index contributed by atoms with van der Waals surface area (Å²) >= 11 is 0. The Bertz CT molecular complexity index is 432. The zero-order valence-corrected chi connectivity index (χ0v) is 5.51. The summed E-state index contributed by atoms with van der Waals surface area (Å²) in [7, 11) is 0. The maximum absolute atomic E-state index is 12.5. The van der Waals surface area contributed by atoms with Crippen molar-refractivity contribution < 1.29 is 14.3 Å². The Balaban J connectivity index is 3.59. The third-order valence-corrected chi connectivity index (χ3v) is 1.09. The van der Waals surface area contributed by atoms with Crippen LogP contribution in [0.2, 0.25) is 0 Å². The summed E-state index contributed by atoms with van der Waals surface area (Å²) in [6, 6.07) is 0. The summed E-state index contributed by atoms with van der Waals surface area (Å²) in [5, 5.41) is 10.1. The van der Waals surface area contributed by atoms with Gasteiger partial charge in [-0.15, -0.1) is 0 Å². The number of H-pyrrole nitrogens is 2. The molecule has 0 atom stereocenters. The molecule has 0 aliphatic carbocycles. The fourth-order valence-corrected chi connectivity index (χ4v) is 0.612. The molecule has 2 N–H and O–H groups in total. The second kappa shape index (κ2) is 2.61. The molecular formula is C5H2FN2O4-. The lowest BCUT2D eigenvalue weighted by molar-refractivity contribution is -0.255. The van der Waals surface area contributed by atoms with Gasteiger partial charge in [0.15, 0.2) is 0 Å². The van der Waals surface area contributed by atoms with Crippen molar-refractivity contribution in [3.63, 3.8) is 0 Å². The molecule has 0 saturated carbocycles. The minimum absolute atomic E-state index is 1.10. The fourth-order valence-electron chi connectivity index (χ4n) is 0.612. The number of rotatable bonds is 1. The molecule has 0 unspecified atom stereocenters. The molecule has 0 amide bonds. The van der Waals surface area contributed by atoms with Crippen LogP contribution in [0.25, 0.3) is 0 Å². The number of carbonyl (C=O) groups excluding carboxylic acids is 1. The van der Waals surface area contributed by atoms with Crippen molar-refractivity contribution in [1.29, 1.82) is 0 Å². The number of carbonyl (C=O) groups is 1. The van der Waals surface area contributed by atoms with Crippen molar-refractivity contribution >= 4 is 5.97 Å². The highest BCUT2D eigenvalue weighted by molar-refractivity contribution is 5.83. The van der Waals surface area contributed by atoms with Gasteiger partial charge in [-0.3, -0.25) is 9.78 Å². The monoisotopic (exact) mass is 173 g/mol. The van der Waals surface area contributed by atoms with Crippen LogP contribution in [0.4, 0.5) is 4.39 Å². The molecule has 1 aromatic heterocycles. The Hall–Kier alpha value is -1.92. The first-order valence-electron chi connectivity index (χ1n) is 2.76. The lowest BCUT2D eigenvalue weighted by Gasteiger charge is -2.00. The number of aromatic carboxylic acids is 1. The average Bonchev–Trinajstić information content (AvgIpc) is 1.96. The summed E-state index contributed by atoms with van der Waals surface area (Å²) in [4.78, 5) is 33.9. The van der Waals surface area contributed by atoms with E-state index in [0.29, 0.717) is 0 Å². The fraction of sp³-hybridized carbons (Fsp3) is 0. The predicted octanol–water partition coefficient (Wildman–Crippen LogP) is -2.43. The van der Waals surface area contributed by atoms with Crippen LogP contribution in [0.3, 0.4) is 0 Å². The molecule has 0 aliphatic rings. The van der Waals surface area contributed by atoms with E-state index in [2.05, 4.69) is 0 Å². The van der Waals surface area contributed by atoms with Gasteiger partial charge >= 0.3 is 5.69 Å². The second-order valence-corrected chi connectivity index (χ2v) is 1.88. The number of aromatic nitrogens is 2. The topological polar surface area (TPSA) is 106 Å². The predicted molar refractivity (Wildman–Crippen MR) is 32.0 cm³/mol. The Kier molecular flexibility index (Phi) is 1.78. The van der Waals surface area contributed by atoms with E-state index in [9.17, 15) is 23.9 Å². The molecule has 1 heterocycles. The second-order valence-electron chi connectivity index (χ2n) is 1.88. The minimum atomic E-state index is -1.95. The molecule has 64 valence electrons.